The first-order valence-corrected chi connectivity index (χ1v) is 8.74. The minimum Gasteiger partial charge on any atom is -0.314 e. The third-order valence-corrected chi connectivity index (χ3v) is 5.10. The lowest BCUT2D eigenvalue weighted by molar-refractivity contribution is 0.297. The van der Waals surface area contributed by atoms with Crippen LogP contribution >= 0.6 is 0 Å². The molecule has 0 radical (unpaired) electrons. The molecule has 2 nitrogen and oxygen atoms in total. The van der Waals surface area contributed by atoms with Crippen molar-refractivity contribution < 1.29 is 0 Å². The summed E-state index contributed by atoms with van der Waals surface area (Å²) in [6, 6.07) is 10.1. The number of rotatable bonds is 7. The van der Waals surface area contributed by atoms with E-state index >= 15 is 0 Å². The average Bonchev–Trinajstić information content (AvgIpc) is 3.17. The number of nitrogens with zero attached hydrogens (tertiary/aromatic N) is 1. The Balaban J connectivity index is 1.43. The van der Waals surface area contributed by atoms with Gasteiger partial charge in [-0.3, -0.25) is 4.90 Å². The van der Waals surface area contributed by atoms with Gasteiger partial charge in [0.05, 0.1) is 0 Å². The highest BCUT2D eigenvalue weighted by atomic mass is 15.1. The molecule has 1 aromatic carbocycles. The molecule has 1 unspecified atom stereocenters. The van der Waals surface area contributed by atoms with Gasteiger partial charge in [-0.1, -0.05) is 38.1 Å². The fraction of sp³-hybridized carbons (Fsp3) is 0.684. The topological polar surface area (TPSA) is 15.3 Å². The second kappa shape index (κ2) is 6.93. The van der Waals surface area contributed by atoms with Crippen molar-refractivity contribution >= 4 is 0 Å². The summed E-state index contributed by atoms with van der Waals surface area (Å²) in [4.78, 5) is 2.62. The molecule has 1 aliphatic carbocycles. The Labute approximate surface area is 129 Å². The van der Waals surface area contributed by atoms with Gasteiger partial charge < -0.3 is 5.32 Å². The van der Waals surface area contributed by atoms with Gasteiger partial charge in [-0.2, -0.15) is 0 Å². The van der Waals surface area contributed by atoms with Gasteiger partial charge in [-0.25, -0.2) is 0 Å². The average molecular weight is 286 g/mol. The molecule has 1 atom stereocenters. The van der Waals surface area contributed by atoms with E-state index in [4.69, 9.17) is 0 Å². The highest BCUT2D eigenvalue weighted by molar-refractivity contribution is 5.23. The molecule has 2 aliphatic rings. The summed E-state index contributed by atoms with van der Waals surface area (Å²) in [5.74, 6) is 1.73. The Kier molecular flexibility index (Phi) is 4.97. The van der Waals surface area contributed by atoms with E-state index in [1.165, 1.54) is 43.5 Å². The zero-order valence-electron chi connectivity index (χ0n) is 13.6. The van der Waals surface area contributed by atoms with Crippen LogP contribution in [0.15, 0.2) is 24.3 Å². The predicted molar refractivity (Wildman–Crippen MR) is 89.4 cm³/mol. The first-order chi connectivity index (χ1) is 10.2. The molecule has 116 valence electrons. The van der Waals surface area contributed by atoms with Crippen molar-refractivity contribution in [1.82, 2.24) is 10.2 Å². The minimum absolute atomic E-state index is 0.827. The number of likely N-dealkylation sites (tertiary alicyclic amines) is 1. The van der Waals surface area contributed by atoms with Crippen molar-refractivity contribution in [2.45, 2.75) is 52.1 Å². The van der Waals surface area contributed by atoms with E-state index in [-0.39, 0.29) is 0 Å². The van der Waals surface area contributed by atoms with E-state index in [2.05, 4.69) is 48.3 Å². The lowest BCUT2D eigenvalue weighted by Gasteiger charge is -2.18. The van der Waals surface area contributed by atoms with Crippen LogP contribution < -0.4 is 5.32 Å². The summed E-state index contributed by atoms with van der Waals surface area (Å²) < 4.78 is 0. The van der Waals surface area contributed by atoms with Crippen LogP contribution in [-0.2, 0) is 13.0 Å². The number of nitrogens with one attached hydrogen (secondary N) is 1. The molecule has 0 spiro atoms. The standard InChI is InChI=1S/C19H30N2/c1-15(2)18-10-12-21(14-18)13-17-5-3-16(4-6-17)9-11-20-19-7-8-19/h3-6,15,18-20H,7-14H2,1-2H3. The van der Waals surface area contributed by atoms with Crippen molar-refractivity contribution in [3.63, 3.8) is 0 Å². The zero-order valence-corrected chi connectivity index (χ0v) is 13.6. The summed E-state index contributed by atoms with van der Waals surface area (Å²) in [5.41, 5.74) is 2.94. The molecule has 0 aromatic heterocycles. The Hall–Kier alpha value is -0.860. The van der Waals surface area contributed by atoms with Gasteiger partial charge in [0.1, 0.15) is 0 Å². The van der Waals surface area contributed by atoms with E-state index in [1.54, 1.807) is 0 Å². The lowest BCUT2D eigenvalue weighted by atomic mass is 9.95. The van der Waals surface area contributed by atoms with Crippen LogP contribution in [0.1, 0.15) is 44.2 Å². The van der Waals surface area contributed by atoms with E-state index in [0.29, 0.717) is 0 Å². The van der Waals surface area contributed by atoms with Crippen LogP contribution in [0.25, 0.3) is 0 Å². The Morgan fingerprint density at radius 1 is 1.10 bits per heavy atom. The fourth-order valence-corrected chi connectivity index (χ4v) is 3.33. The normalized spacial score (nSPS) is 23.1. The molecule has 1 saturated carbocycles. The maximum atomic E-state index is 3.59. The Bertz CT molecular complexity index is 433. The van der Waals surface area contributed by atoms with Crippen molar-refractivity contribution in [3.05, 3.63) is 35.4 Å². The van der Waals surface area contributed by atoms with Crippen molar-refractivity contribution in [2.24, 2.45) is 11.8 Å². The second-order valence-electron chi connectivity index (χ2n) is 7.32. The second-order valence-corrected chi connectivity index (χ2v) is 7.32. The first kappa shape index (κ1) is 15.1. The molecule has 0 amide bonds. The summed E-state index contributed by atoms with van der Waals surface area (Å²) in [5, 5.41) is 3.59. The van der Waals surface area contributed by atoms with Gasteiger partial charge >= 0.3 is 0 Å². The third kappa shape index (κ3) is 4.55. The SMILES string of the molecule is CC(C)C1CCN(Cc2ccc(CCNC3CC3)cc2)C1. The van der Waals surface area contributed by atoms with E-state index < -0.39 is 0 Å². The molecule has 0 bridgehead atoms. The highest BCUT2D eigenvalue weighted by Crippen LogP contribution is 2.25. The maximum Gasteiger partial charge on any atom is 0.0233 e. The smallest absolute Gasteiger partial charge is 0.0233 e. The van der Waals surface area contributed by atoms with Crippen molar-refractivity contribution in [2.75, 3.05) is 19.6 Å². The molecule has 3 rings (SSSR count). The molecule has 1 saturated heterocycles. The molecule has 21 heavy (non-hydrogen) atoms. The molecule has 1 aromatic rings. The van der Waals surface area contributed by atoms with Crippen LogP contribution in [0.2, 0.25) is 0 Å². The minimum atomic E-state index is 0.827. The number of hydrogen-bond donors (Lipinski definition) is 1. The molecule has 2 heteroatoms. The van der Waals surface area contributed by atoms with Crippen LogP contribution in [0, 0.1) is 11.8 Å². The van der Waals surface area contributed by atoms with Crippen LogP contribution in [0.4, 0.5) is 0 Å². The monoisotopic (exact) mass is 286 g/mol. The van der Waals surface area contributed by atoms with Gasteiger partial charge in [-0.05, 0) is 61.7 Å². The zero-order chi connectivity index (χ0) is 14.7. The van der Waals surface area contributed by atoms with Crippen LogP contribution in [0.5, 0.6) is 0 Å². The molecule has 2 fully saturated rings. The van der Waals surface area contributed by atoms with Crippen molar-refractivity contribution in [1.29, 1.82) is 0 Å². The van der Waals surface area contributed by atoms with Gasteiger partial charge in [0, 0.05) is 19.1 Å². The van der Waals surface area contributed by atoms with E-state index in [1.807, 2.05) is 0 Å². The summed E-state index contributed by atoms with van der Waals surface area (Å²) in [6.07, 6.45) is 5.30. The van der Waals surface area contributed by atoms with Crippen LogP contribution in [0.3, 0.4) is 0 Å². The van der Waals surface area contributed by atoms with Gasteiger partial charge in [0.2, 0.25) is 0 Å². The van der Waals surface area contributed by atoms with E-state index in [0.717, 1.165) is 37.4 Å². The summed E-state index contributed by atoms with van der Waals surface area (Å²) in [6.45, 7) is 9.54. The predicted octanol–water partition coefficient (Wildman–Crippen LogP) is 3.46. The Morgan fingerprint density at radius 2 is 1.81 bits per heavy atom. The van der Waals surface area contributed by atoms with Gasteiger partial charge in [0.15, 0.2) is 0 Å². The van der Waals surface area contributed by atoms with Crippen molar-refractivity contribution in [3.8, 4) is 0 Å². The molecule has 1 heterocycles. The first-order valence-electron chi connectivity index (χ1n) is 8.74. The molecular weight excluding hydrogens is 256 g/mol. The third-order valence-electron chi connectivity index (χ3n) is 5.10. The highest BCUT2D eigenvalue weighted by Gasteiger charge is 2.24. The Morgan fingerprint density at radius 3 is 2.43 bits per heavy atom. The van der Waals surface area contributed by atoms with Gasteiger partial charge in [-0.15, -0.1) is 0 Å². The summed E-state index contributed by atoms with van der Waals surface area (Å²) >= 11 is 0. The van der Waals surface area contributed by atoms with Crippen LogP contribution in [-0.4, -0.2) is 30.6 Å². The largest absolute Gasteiger partial charge is 0.314 e. The maximum absolute atomic E-state index is 3.59. The fourth-order valence-electron chi connectivity index (χ4n) is 3.33. The number of hydrogen-bond acceptors (Lipinski definition) is 2. The van der Waals surface area contributed by atoms with Gasteiger partial charge in [0.25, 0.3) is 0 Å². The quantitative estimate of drug-likeness (QED) is 0.826. The lowest BCUT2D eigenvalue weighted by Crippen LogP contribution is -2.21. The van der Waals surface area contributed by atoms with E-state index in [9.17, 15) is 0 Å². The number of benzene rings is 1. The molecular formula is C19H30N2. The summed E-state index contributed by atoms with van der Waals surface area (Å²) in [7, 11) is 0. The molecule has 1 aliphatic heterocycles. The molecule has 1 N–H and O–H groups in total.